The summed E-state index contributed by atoms with van der Waals surface area (Å²) >= 11 is 5.82. The van der Waals surface area contributed by atoms with Gasteiger partial charge in [-0.3, -0.25) is 23.1 Å². The third-order valence-corrected chi connectivity index (χ3v) is 7.56. The summed E-state index contributed by atoms with van der Waals surface area (Å²) in [5.41, 5.74) is -3.07. The summed E-state index contributed by atoms with van der Waals surface area (Å²) in [4.78, 5) is 51.8. The number of carboxylic acid groups (broad SMARTS) is 1. The molecule has 0 radical (unpaired) electrons. The van der Waals surface area contributed by atoms with Crippen molar-refractivity contribution in [3.8, 4) is 5.69 Å². The van der Waals surface area contributed by atoms with E-state index in [0.29, 0.717) is 40.0 Å². The maximum Gasteiger partial charge on any atom is 0.418 e. The molecule has 1 aliphatic carbocycles. The van der Waals surface area contributed by atoms with Gasteiger partial charge in [0.05, 0.1) is 33.9 Å². The lowest BCUT2D eigenvalue weighted by Gasteiger charge is -2.18. The van der Waals surface area contributed by atoms with E-state index in [1.165, 1.54) is 16.7 Å². The maximum absolute atomic E-state index is 13.8. The van der Waals surface area contributed by atoms with Gasteiger partial charge in [-0.1, -0.05) is 30.7 Å². The standard InChI is InChI=1S/C27H24ClF3N4O5/c1-3-16-19(9-10-20-22(16)34(11-14-7-8-14)25(39)32(20)2)33-13-17(24(37)38)23(36)35(26(33)40)12-15-5-4-6-18(28)21(15)27(29,30)31/h4-6,9-10,13-14H,3,7-8,11-12H2,1-2H3,(H,37,38). The van der Waals surface area contributed by atoms with Gasteiger partial charge in [-0.2, -0.15) is 13.2 Å². The van der Waals surface area contributed by atoms with Crippen LogP contribution in [0.2, 0.25) is 5.02 Å². The second-order valence-corrected chi connectivity index (χ2v) is 10.3. The van der Waals surface area contributed by atoms with Crippen LogP contribution in [0.25, 0.3) is 16.7 Å². The van der Waals surface area contributed by atoms with E-state index in [0.717, 1.165) is 35.7 Å². The number of halogens is 4. The Kier molecular flexibility index (Phi) is 6.77. The Bertz CT molecular complexity index is 1860. The van der Waals surface area contributed by atoms with Gasteiger partial charge in [0.15, 0.2) is 0 Å². The molecule has 1 fully saturated rings. The molecule has 0 aliphatic heterocycles. The number of aryl methyl sites for hydroxylation is 2. The number of carbonyl (C=O) groups is 1. The summed E-state index contributed by atoms with van der Waals surface area (Å²) < 4.78 is 45.9. The Balaban J connectivity index is 1.79. The first-order chi connectivity index (χ1) is 18.8. The molecule has 40 heavy (non-hydrogen) atoms. The van der Waals surface area contributed by atoms with E-state index < -0.39 is 51.7 Å². The summed E-state index contributed by atoms with van der Waals surface area (Å²) in [6.07, 6.45) is -1.71. The molecule has 0 spiro atoms. The number of alkyl halides is 3. The van der Waals surface area contributed by atoms with Crippen molar-refractivity contribution in [3.63, 3.8) is 0 Å². The molecule has 1 N–H and O–H groups in total. The molecule has 2 aromatic carbocycles. The molecular weight excluding hydrogens is 553 g/mol. The third-order valence-electron chi connectivity index (χ3n) is 7.25. The van der Waals surface area contributed by atoms with Crippen LogP contribution >= 0.6 is 11.6 Å². The summed E-state index contributed by atoms with van der Waals surface area (Å²) in [5, 5.41) is 9.13. The van der Waals surface area contributed by atoms with Crippen LogP contribution in [0.15, 0.2) is 50.9 Å². The van der Waals surface area contributed by atoms with Crippen molar-refractivity contribution >= 4 is 28.6 Å². The average molecular weight is 577 g/mol. The number of rotatable bonds is 7. The molecule has 0 atom stereocenters. The number of nitrogens with zero attached hydrogens (tertiary/aromatic N) is 4. The highest BCUT2D eigenvalue weighted by Crippen LogP contribution is 2.37. The monoisotopic (exact) mass is 576 g/mol. The molecule has 0 amide bonds. The SMILES string of the molecule is CCc1c(-n2cc(C(=O)O)c(=O)n(Cc3cccc(Cl)c3C(F)(F)F)c2=O)ccc2c1n(CC1CC1)c(=O)n2C. The number of fused-ring (bicyclic) bond motifs is 1. The molecule has 0 bridgehead atoms. The Morgan fingerprint density at radius 2 is 1.77 bits per heavy atom. The molecule has 2 heterocycles. The molecule has 13 heteroatoms. The Morgan fingerprint density at radius 1 is 1.07 bits per heavy atom. The van der Waals surface area contributed by atoms with E-state index >= 15 is 0 Å². The minimum atomic E-state index is -4.89. The van der Waals surface area contributed by atoms with Gasteiger partial charge in [-0.15, -0.1) is 0 Å². The molecular formula is C27H24ClF3N4O5. The zero-order valence-corrected chi connectivity index (χ0v) is 22.2. The summed E-state index contributed by atoms with van der Waals surface area (Å²) in [6.45, 7) is 1.42. The van der Waals surface area contributed by atoms with Gasteiger partial charge < -0.3 is 5.11 Å². The lowest BCUT2D eigenvalue weighted by molar-refractivity contribution is -0.138. The van der Waals surface area contributed by atoms with Crippen LogP contribution in [-0.4, -0.2) is 29.3 Å². The summed E-state index contributed by atoms with van der Waals surface area (Å²) in [5.74, 6) is -1.31. The van der Waals surface area contributed by atoms with Crippen LogP contribution in [-0.2, 0) is 32.7 Å². The van der Waals surface area contributed by atoms with Crippen LogP contribution in [0.4, 0.5) is 13.2 Å². The van der Waals surface area contributed by atoms with E-state index in [2.05, 4.69) is 0 Å². The van der Waals surface area contributed by atoms with Crippen molar-refractivity contribution in [2.75, 3.05) is 0 Å². The second-order valence-electron chi connectivity index (χ2n) is 9.84. The average Bonchev–Trinajstić information content (AvgIpc) is 3.68. The zero-order valence-electron chi connectivity index (χ0n) is 21.5. The van der Waals surface area contributed by atoms with Crippen LogP contribution in [0, 0.1) is 5.92 Å². The van der Waals surface area contributed by atoms with E-state index in [1.54, 1.807) is 24.6 Å². The van der Waals surface area contributed by atoms with E-state index in [1.807, 2.05) is 0 Å². The van der Waals surface area contributed by atoms with Crippen molar-refractivity contribution < 1.29 is 23.1 Å². The zero-order chi connectivity index (χ0) is 29.1. The van der Waals surface area contributed by atoms with Gasteiger partial charge in [-0.25, -0.2) is 14.4 Å². The number of carboxylic acids is 1. The topological polar surface area (TPSA) is 108 Å². The summed E-state index contributed by atoms with van der Waals surface area (Å²) in [7, 11) is 1.63. The first-order valence-electron chi connectivity index (χ1n) is 12.5. The van der Waals surface area contributed by atoms with Gasteiger partial charge in [0.25, 0.3) is 5.56 Å². The lowest BCUT2D eigenvalue weighted by Crippen LogP contribution is -2.42. The summed E-state index contributed by atoms with van der Waals surface area (Å²) in [6, 6.07) is 6.50. The number of aromatic carboxylic acids is 1. The Hall–Kier alpha value is -4.06. The van der Waals surface area contributed by atoms with Gasteiger partial charge in [0, 0.05) is 25.4 Å². The van der Waals surface area contributed by atoms with Crippen molar-refractivity contribution in [3.05, 3.63) is 95.1 Å². The lowest BCUT2D eigenvalue weighted by atomic mass is 10.1. The predicted octanol–water partition coefficient (Wildman–Crippen LogP) is 4.04. The largest absolute Gasteiger partial charge is 0.477 e. The van der Waals surface area contributed by atoms with Gasteiger partial charge in [0.1, 0.15) is 5.56 Å². The fraction of sp³-hybridized carbons (Fsp3) is 0.333. The quantitative estimate of drug-likeness (QED) is 0.357. The van der Waals surface area contributed by atoms with Crippen LogP contribution in [0.5, 0.6) is 0 Å². The predicted molar refractivity (Wildman–Crippen MR) is 142 cm³/mol. The van der Waals surface area contributed by atoms with Crippen LogP contribution in [0.1, 0.15) is 46.8 Å². The fourth-order valence-electron chi connectivity index (χ4n) is 5.12. The molecule has 1 saturated carbocycles. The highest BCUT2D eigenvalue weighted by molar-refractivity contribution is 6.31. The highest BCUT2D eigenvalue weighted by atomic mass is 35.5. The van der Waals surface area contributed by atoms with Crippen molar-refractivity contribution in [2.45, 2.75) is 45.5 Å². The molecule has 210 valence electrons. The maximum atomic E-state index is 13.8. The third kappa shape index (κ3) is 4.55. The van der Waals surface area contributed by atoms with Gasteiger partial charge >= 0.3 is 23.5 Å². The number of imidazole rings is 1. The molecule has 0 saturated heterocycles. The van der Waals surface area contributed by atoms with Gasteiger partial charge in [0.2, 0.25) is 0 Å². The van der Waals surface area contributed by atoms with Crippen molar-refractivity contribution in [1.82, 2.24) is 18.3 Å². The first-order valence-corrected chi connectivity index (χ1v) is 12.9. The molecule has 5 rings (SSSR count). The van der Waals surface area contributed by atoms with Crippen molar-refractivity contribution in [2.24, 2.45) is 13.0 Å². The molecule has 1 aliphatic rings. The number of benzene rings is 2. The van der Waals surface area contributed by atoms with Crippen LogP contribution < -0.4 is 16.9 Å². The molecule has 0 unspecified atom stereocenters. The Labute approximate surface area is 229 Å². The smallest absolute Gasteiger partial charge is 0.418 e. The normalized spacial score (nSPS) is 13.8. The van der Waals surface area contributed by atoms with Gasteiger partial charge in [-0.05, 0) is 48.9 Å². The minimum absolute atomic E-state index is 0.216. The number of hydrogen-bond donors (Lipinski definition) is 1. The number of hydrogen-bond acceptors (Lipinski definition) is 4. The number of aromatic nitrogens is 4. The minimum Gasteiger partial charge on any atom is -0.477 e. The highest BCUT2D eigenvalue weighted by Gasteiger charge is 2.36. The fourth-order valence-corrected chi connectivity index (χ4v) is 5.42. The molecule has 9 nitrogen and oxygen atoms in total. The van der Waals surface area contributed by atoms with E-state index in [-0.39, 0.29) is 11.4 Å². The van der Waals surface area contributed by atoms with E-state index in [4.69, 9.17) is 11.6 Å². The molecule has 4 aromatic rings. The molecule has 2 aromatic heterocycles. The van der Waals surface area contributed by atoms with E-state index in [9.17, 15) is 37.5 Å². The second kappa shape index (κ2) is 9.84. The van der Waals surface area contributed by atoms with Crippen LogP contribution in [0.3, 0.4) is 0 Å². The first kappa shape index (κ1) is 27.5. The Morgan fingerprint density at radius 3 is 2.38 bits per heavy atom. The van der Waals surface area contributed by atoms with Crippen molar-refractivity contribution in [1.29, 1.82) is 0 Å².